The summed E-state index contributed by atoms with van der Waals surface area (Å²) in [7, 11) is 1.59. The van der Waals surface area contributed by atoms with E-state index < -0.39 is 6.10 Å². The number of aromatic nitrogens is 4. The molecule has 0 unspecified atom stereocenters. The number of amides is 1. The molecule has 172 valence electrons. The van der Waals surface area contributed by atoms with E-state index in [2.05, 4.69) is 19.9 Å². The summed E-state index contributed by atoms with van der Waals surface area (Å²) in [5.41, 5.74) is 1.01. The first-order valence-electron chi connectivity index (χ1n) is 11.0. The Morgan fingerprint density at radius 2 is 2.00 bits per heavy atom. The van der Waals surface area contributed by atoms with Crippen LogP contribution in [0.15, 0.2) is 53.7 Å². The van der Waals surface area contributed by atoms with Crippen LogP contribution in [-0.4, -0.2) is 57.0 Å². The summed E-state index contributed by atoms with van der Waals surface area (Å²) in [5.74, 6) is 1.75. The quantitative estimate of drug-likeness (QED) is 0.590. The molecule has 33 heavy (non-hydrogen) atoms. The average molecular weight is 450 g/mol. The van der Waals surface area contributed by atoms with Gasteiger partial charge in [0.15, 0.2) is 11.9 Å². The van der Waals surface area contributed by atoms with Crippen LogP contribution in [0.3, 0.4) is 0 Å². The average Bonchev–Trinajstić information content (AvgIpc) is 2.87. The summed E-state index contributed by atoms with van der Waals surface area (Å²) in [4.78, 5) is 42.8. The van der Waals surface area contributed by atoms with E-state index in [-0.39, 0.29) is 17.4 Å². The van der Waals surface area contributed by atoms with Gasteiger partial charge >= 0.3 is 0 Å². The van der Waals surface area contributed by atoms with Crippen molar-refractivity contribution in [1.29, 1.82) is 0 Å². The summed E-state index contributed by atoms with van der Waals surface area (Å²) >= 11 is 0. The molecule has 1 saturated heterocycles. The van der Waals surface area contributed by atoms with Crippen molar-refractivity contribution in [1.82, 2.24) is 24.8 Å². The Labute approximate surface area is 191 Å². The van der Waals surface area contributed by atoms with Crippen molar-refractivity contribution in [2.45, 2.75) is 38.2 Å². The van der Waals surface area contributed by atoms with Gasteiger partial charge in [-0.15, -0.1) is 0 Å². The van der Waals surface area contributed by atoms with Gasteiger partial charge in [-0.3, -0.25) is 14.6 Å². The SMILES string of the molecule is CC[C@@H](Oc1cccc(OC)c1)C(=O)N1CCC(c2cc(=O)[nH]c(-c3cnccn3)n2)CC1. The summed E-state index contributed by atoms with van der Waals surface area (Å²) in [6.07, 6.45) is 6.14. The first-order chi connectivity index (χ1) is 16.1. The number of carbonyl (C=O) groups excluding carboxylic acids is 1. The van der Waals surface area contributed by atoms with Crippen LogP contribution < -0.4 is 15.0 Å². The highest BCUT2D eigenvalue weighted by Gasteiger charge is 2.30. The summed E-state index contributed by atoms with van der Waals surface area (Å²) in [6.45, 7) is 3.09. The lowest BCUT2D eigenvalue weighted by atomic mass is 9.93. The second-order valence-electron chi connectivity index (χ2n) is 7.90. The van der Waals surface area contributed by atoms with Gasteiger partial charge in [-0.25, -0.2) is 9.97 Å². The summed E-state index contributed by atoms with van der Waals surface area (Å²) < 4.78 is 11.2. The number of hydrogen-bond donors (Lipinski definition) is 1. The maximum atomic E-state index is 13.1. The molecule has 0 radical (unpaired) electrons. The lowest BCUT2D eigenvalue weighted by molar-refractivity contribution is -0.140. The van der Waals surface area contributed by atoms with Crippen LogP contribution >= 0.6 is 0 Å². The Kier molecular flexibility index (Phi) is 6.97. The van der Waals surface area contributed by atoms with Crippen molar-refractivity contribution >= 4 is 5.91 Å². The highest BCUT2D eigenvalue weighted by Crippen LogP contribution is 2.28. The standard InChI is InChI=1S/C24H27N5O4/c1-3-21(33-18-6-4-5-17(13-18)32-2)24(31)29-11-7-16(8-12-29)19-14-22(30)28-23(27-19)20-15-25-9-10-26-20/h4-6,9-10,13-16,21H,3,7-8,11-12H2,1-2H3,(H,27,28,30)/t21-/m1/s1. The van der Waals surface area contributed by atoms with Gasteiger partial charge in [0.25, 0.3) is 11.5 Å². The Bertz CT molecular complexity index is 1140. The van der Waals surface area contributed by atoms with Crippen molar-refractivity contribution in [3.8, 4) is 23.0 Å². The molecule has 1 aliphatic rings. The van der Waals surface area contributed by atoms with Crippen LogP contribution in [0, 0.1) is 0 Å². The van der Waals surface area contributed by atoms with E-state index in [1.165, 1.54) is 6.07 Å². The zero-order valence-electron chi connectivity index (χ0n) is 18.7. The number of nitrogens with one attached hydrogen (secondary N) is 1. The van der Waals surface area contributed by atoms with Crippen LogP contribution in [0.1, 0.15) is 37.8 Å². The van der Waals surface area contributed by atoms with Gasteiger partial charge in [0.1, 0.15) is 17.2 Å². The molecule has 3 aromatic rings. The topological polar surface area (TPSA) is 110 Å². The molecule has 1 aromatic carbocycles. The van der Waals surface area contributed by atoms with Crippen LogP contribution in [-0.2, 0) is 4.79 Å². The summed E-state index contributed by atoms with van der Waals surface area (Å²) in [5, 5.41) is 0. The summed E-state index contributed by atoms with van der Waals surface area (Å²) in [6, 6.07) is 8.79. The van der Waals surface area contributed by atoms with E-state index in [1.807, 2.05) is 30.0 Å². The third kappa shape index (κ3) is 5.36. The third-order valence-corrected chi connectivity index (χ3v) is 5.76. The van der Waals surface area contributed by atoms with Crippen molar-refractivity contribution in [2.24, 2.45) is 0 Å². The number of rotatable bonds is 7. The normalized spacial score (nSPS) is 15.2. The van der Waals surface area contributed by atoms with Crippen LogP contribution in [0.4, 0.5) is 0 Å². The molecule has 0 spiro atoms. The number of hydrogen-bond acceptors (Lipinski definition) is 7. The molecule has 2 aromatic heterocycles. The molecule has 1 fully saturated rings. The second-order valence-corrected chi connectivity index (χ2v) is 7.90. The van der Waals surface area contributed by atoms with E-state index in [1.54, 1.807) is 31.8 Å². The number of ether oxygens (including phenoxy) is 2. The van der Waals surface area contributed by atoms with E-state index in [0.29, 0.717) is 48.2 Å². The number of piperidine rings is 1. The van der Waals surface area contributed by atoms with Crippen LogP contribution in [0.2, 0.25) is 0 Å². The maximum Gasteiger partial charge on any atom is 0.263 e. The van der Waals surface area contributed by atoms with Crippen LogP contribution in [0.5, 0.6) is 11.5 Å². The van der Waals surface area contributed by atoms with E-state index in [9.17, 15) is 9.59 Å². The predicted octanol–water partition coefficient (Wildman–Crippen LogP) is 2.80. The molecular formula is C24H27N5O4. The van der Waals surface area contributed by atoms with Crippen molar-refractivity contribution in [3.63, 3.8) is 0 Å². The first-order valence-corrected chi connectivity index (χ1v) is 11.0. The largest absolute Gasteiger partial charge is 0.497 e. The van der Waals surface area contributed by atoms with Gasteiger partial charge in [-0.1, -0.05) is 13.0 Å². The zero-order chi connectivity index (χ0) is 23.2. The zero-order valence-corrected chi connectivity index (χ0v) is 18.7. The minimum absolute atomic E-state index is 0.0297. The molecule has 1 N–H and O–H groups in total. The number of H-pyrrole nitrogens is 1. The molecule has 4 rings (SSSR count). The fourth-order valence-electron chi connectivity index (χ4n) is 3.97. The van der Waals surface area contributed by atoms with Gasteiger partial charge in [0.2, 0.25) is 0 Å². The Morgan fingerprint density at radius 3 is 2.70 bits per heavy atom. The molecule has 0 saturated carbocycles. The number of carbonyl (C=O) groups is 1. The Balaban J connectivity index is 1.41. The molecule has 1 aliphatic heterocycles. The molecule has 3 heterocycles. The molecule has 9 nitrogen and oxygen atoms in total. The highest BCUT2D eigenvalue weighted by molar-refractivity contribution is 5.81. The minimum atomic E-state index is -0.561. The predicted molar refractivity (Wildman–Crippen MR) is 122 cm³/mol. The monoisotopic (exact) mass is 449 g/mol. The smallest absolute Gasteiger partial charge is 0.263 e. The Hall–Kier alpha value is -3.75. The van der Waals surface area contributed by atoms with Gasteiger partial charge in [0, 0.05) is 43.5 Å². The Morgan fingerprint density at radius 1 is 1.21 bits per heavy atom. The van der Waals surface area contributed by atoms with E-state index >= 15 is 0 Å². The molecule has 1 amide bonds. The van der Waals surface area contributed by atoms with Crippen molar-refractivity contribution in [2.75, 3.05) is 20.2 Å². The first kappa shape index (κ1) is 22.4. The lowest BCUT2D eigenvalue weighted by Crippen LogP contribution is -2.45. The number of nitrogens with zero attached hydrogens (tertiary/aromatic N) is 4. The molecular weight excluding hydrogens is 422 g/mol. The minimum Gasteiger partial charge on any atom is -0.497 e. The number of aromatic amines is 1. The van der Waals surface area contributed by atoms with Crippen molar-refractivity contribution < 1.29 is 14.3 Å². The maximum absolute atomic E-state index is 13.1. The van der Waals surface area contributed by atoms with Gasteiger partial charge < -0.3 is 19.4 Å². The highest BCUT2D eigenvalue weighted by atomic mass is 16.5. The van der Waals surface area contributed by atoms with Crippen LogP contribution in [0.25, 0.3) is 11.5 Å². The number of benzene rings is 1. The number of likely N-dealkylation sites (tertiary alicyclic amines) is 1. The molecule has 9 heteroatoms. The molecule has 1 atom stereocenters. The molecule has 0 bridgehead atoms. The number of methoxy groups -OCH3 is 1. The fourth-order valence-corrected chi connectivity index (χ4v) is 3.97. The molecule has 0 aliphatic carbocycles. The second kappa shape index (κ2) is 10.2. The van der Waals surface area contributed by atoms with Crippen molar-refractivity contribution in [3.05, 3.63) is 65.0 Å². The van der Waals surface area contributed by atoms with Gasteiger partial charge in [-0.05, 0) is 31.4 Å². The van der Waals surface area contributed by atoms with Gasteiger partial charge in [0.05, 0.1) is 19.0 Å². The van der Waals surface area contributed by atoms with E-state index in [4.69, 9.17) is 9.47 Å². The van der Waals surface area contributed by atoms with E-state index in [0.717, 1.165) is 12.8 Å². The fraction of sp³-hybridized carbons (Fsp3) is 0.375. The van der Waals surface area contributed by atoms with Gasteiger partial charge in [-0.2, -0.15) is 0 Å². The third-order valence-electron chi connectivity index (χ3n) is 5.76. The lowest BCUT2D eigenvalue weighted by Gasteiger charge is -2.34.